The van der Waals surface area contributed by atoms with Crippen molar-refractivity contribution in [2.75, 3.05) is 0 Å². The van der Waals surface area contributed by atoms with Gasteiger partial charge in [-0.3, -0.25) is 4.79 Å². The molecule has 92 valence electrons. The summed E-state index contributed by atoms with van der Waals surface area (Å²) < 4.78 is 1.78. The molecule has 0 aliphatic carbocycles. The molecule has 4 heteroatoms. The molecule has 0 atom stereocenters. The Balaban J connectivity index is 2.28. The third-order valence-electron chi connectivity index (χ3n) is 2.54. The van der Waals surface area contributed by atoms with Crippen LogP contribution in [0.5, 0.6) is 0 Å². The van der Waals surface area contributed by atoms with Crippen molar-refractivity contribution in [1.29, 1.82) is 0 Å². The number of benzene rings is 2. The van der Waals surface area contributed by atoms with Crippen LogP contribution in [0.25, 0.3) is 0 Å². The van der Waals surface area contributed by atoms with Gasteiger partial charge in [0.15, 0.2) is 5.78 Å². The monoisotopic (exact) mass is 386 g/mol. The second-order valence-corrected chi connectivity index (χ2v) is 5.99. The van der Waals surface area contributed by atoms with Crippen molar-refractivity contribution in [2.45, 2.75) is 6.42 Å². The molecule has 0 heterocycles. The Morgan fingerprint density at radius 2 is 1.83 bits per heavy atom. The van der Waals surface area contributed by atoms with Crippen molar-refractivity contribution in [3.63, 3.8) is 0 Å². The average molecular weight is 388 g/mol. The van der Waals surface area contributed by atoms with Gasteiger partial charge in [0, 0.05) is 20.9 Å². The quantitative estimate of drug-likeness (QED) is 0.653. The van der Waals surface area contributed by atoms with Crippen molar-refractivity contribution >= 4 is 49.2 Å². The standard InChI is InChI=1S/C14H9Br2ClO/c15-10-5-6-13(17)11(8-10)14(18)7-9-3-1-2-4-12(9)16/h1-6,8H,7H2. The Kier molecular flexibility index (Phi) is 4.60. The minimum absolute atomic E-state index is 0.00759. The molecule has 0 aromatic heterocycles. The molecular formula is C14H9Br2ClO. The van der Waals surface area contributed by atoms with Gasteiger partial charge in [-0.1, -0.05) is 61.7 Å². The molecule has 2 aromatic carbocycles. The fourth-order valence-corrected chi connectivity index (χ4v) is 2.63. The molecule has 0 aliphatic rings. The maximum Gasteiger partial charge on any atom is 0.168 e. The van der Waals surface area contributed by atoms with E-state index in [0.717, 1.165) is 14.5 Å². The summed E-state index contributed by atoms with van der Waals surface area (Å²) in [5, 5.41) is 0.482. The van der Waals surface area contributed by atoms with Gasteiger partial charge in [-0.25, -0.2) is 0 Å². The minimum atomic E-state index is 0.00759. The fourth-order valence-electron chi connectivity index (χ4n) is 1.62. The Labute approximate surface area is 127 Å². The maximum atomic E-state index is 12.2. The lowest BCUT2D eigenvalue weighted by molar-refractivity contribution is 0.0993. The van der Waals surface area contributed by atoms with Gasteiger partial charge in [0.05, 0.1) is 5.02 Å². The van der Waals surface area contributed by atoms with Crippen molar-refractivity contribution in [2.24, 2.45) is 0 Å². The number of hydrogen-bond donors (Lipinski definition) is 0. The summed E-state index contributed by atoms with van der Waals surface area (Å²) in [6, 6.07) is 13.0. The molecule has 0 saturated heterocycles. The first kappa shape index (κ1) is 13.8. The number of carbonyl (C=O) groups is 1. The minimum Gasteiger partial charge on any atom is -0.294 e. The number of carbonyl (C=O) groups excluding carboxylic acids is 1. The predicted octanol–water partition coefficient (Wildman–Crippen LogP) is 5.29. The highest BCUT2D eigenvalue weighted by Crippen LogP contribution is 2.24. The molecule has 0 unspecified atom stereocenters. The van der Waals surface area contributed by atoms with Crippen LogP contribution in [0.1, 0.15) is 15.9 Å². The van der Waals surface area contributed by atoms with Crippen LogP contribution < -0.4 is 0 Å². The average Bonchev–Trinajstić information content (AvgIpc) is 2.35. The van der Waals surface area contributed by atoms with Crippen LogP contribution >= 0.6 is 43.5 Å². The number of hydrogen-bond acceptors (Lipinski definition) is 1. The van der Waals surface area contributed by atoms with E-state index in [9.17, 15) is 4.79 Å². The zero-order valence-corrected chi connectivity index (χ0v) is 13.2. The summed E-state index contributed by atoms with van der Waals surface area (Å²) in [4.78, 5) is 12.2. The zero-order chi connectivity index (χ0) is 13.1. The normalized spacial score (nSPS) is 10.4. The van der Waals surface area contributed by atoms with Crippen LogP contribution in [-0.2, 0) is 6.42 Å². The van der Waals surface area contributed by atoms with Gasteiger partial charge in [-0.2, -0.15) is 0 Å². The van der Waals surface area contributed by atoms with Gasteiger partial charge in [0.1, 0.15) is 0 Å². The number of ketones is 1. The van der Waals surface area contributed by atoms with Crippen LogP contribution in [0, 0.1) is 0 Å². The van der Waals surface area contributed by atoms with Crippen LogP contribution in [0.15, 0.2) is 51.4 Å². The summed E-state index contributed by atoms with van der Waals surface area (Å²) in [6.45, 7) is 0. The summed E-state index contributed by atoms with van der Waals surface area (Å²) in [5.74, 6) is 0.00759. The van der Waals surface area contributed by atoms with Crippen LogP contribution in [0.3, 0.4) is 0 Å². The van der Waals surface area contributed by atoms with Crippen molar-refractivity contribution in [3.05, 3.63) is 67.6 Å². The van der Waals surface area contributed by atoms with E-state index in [1.807, 2.05) is 30.3 Å². The van der Waals surface area contributed by atoms with Gasteiger partial charge in [-0.15, -0.1) is 0 Å². The highest BCUT2D eigenvalue weighted by atomic mass is 79.9. The van der Waals surface area contributed by atoms with E-state index in [0.29, 0.717) is 17.0 Å². The summed E-state index contributed by atoms with van der Waals surface area (Å²) in [5.41, 5.74) is 1.50. The van der Waals surface area contributed by atoms with Crippen LogP contribution in [0.2, 0.25) is 5.02 Å². The molecule has 2 rings (SSSR count). The lowest BCUT2D eigenvalue weighted by Crippen LogP contribution is -2.05. The van der Waals surface area contributed by atoms with E-state index in [1.165, 1.54) is 0 Å². The number of Topliss-reactive ketones (excluding diaryl/α,β-unsaturated/α-hetero) is 1. The Hall–Kier alpha value is -0.640. The van der Waals surface area contributed by atoms with Crippen LogP contribution in [-0.4, -0.2) is 5.78 Å². The second-order valence-electron chi connectivity index (χ2n) is 3.82. The maximum absolute atomic E-state index is 12.2. The SMILES string of the molecule is O=C(Cc1ccccc1Br)c1cc(Br)ccc1Cl. The van der Waals surface area contributed by atoms with E-state index >= 15 is 0 Å². The molecule has 0 amide bonds. The van der Waals surface area contributed by atoms with Gasteiger partial charge in [0.25, 0.3) is 0 Å². The van der Waals surface area contributed by atoms with Crippen molar-refractivity contribution in [1.82, 2.24) is 0 Å². The Morgan fingerprint density at radius 1 is 1.11 bits per heavy atom. The van der Waals surface area contributed by atoms with Gasteiger partial charge >= 0.3 is 0 Å². The van der Waals surface area contributed by atoms with Gasteiger partial charge in [-0.05, 0) is 29.8 Å². The first-order chi connectivity index (χ1) is 8.58. The van der Waals surface area contributed by atoms with Gasteiger partial charge < -0.3 is 0 Å². The highest BCUT2D eigenvalue weighted by Gasteiger charge is 2.13. The molecule has 0 bridgehead atoms. The molecule has 0 saturated carbocycles. The molecule has 0 spiro atoms. The first-order valence-corrected chi connectivity index (χ1v) is 7.26. The smallest absolute Gasteiger partial charge is 0.168 e. The lowest BCUT2D eigenvalue weighted by Gasteiger charge is -2.06. The predicted molar refractivity (Wildman–Crippen MR) is 81.3 cm³/mol. The topological polar surface area (TPSA) is 17.1 Å². The number of halogens is 3. The van der Waals surface area contributed by atoms with E-state index in [-0.39, 0.29) is 5.78 Å². The van der Waals surface area contributed by atoms with Crippen molar-refractivity contribution in [3.8, 4) is 0 Å². The summed E-state index contributed by atoms with van der Waals surface area (Å²) in [7, 11) is 0. The molecule has 0 N–H and O–H groups in total. The highest BCUT2D eigenvalue weighted by molar-refractivity contribution is 9.10. The zero-order valence-electron chi connectivity index (χ0n) is 9.29. The van der Waals surface area contributed by atoms with E-state index in [4.69, 9.17) is 11.6 Å². The Bertz CT molecular complexity index is 596. The lowest BCUT2D eigenvalue weighted by atomic mass is 10.0. The molecule has 0 fully saturated rings. The van der Waals surface area contributed by atoms with E-state index in [1.54, 1.807) is 12.1 Å². The molecule has 1 nitrogen and oxygen atoms in total. The molecular weight excluding hydrogens is 379 g/mol. The molecule has 0 aliphatic heterocycles. The molecule has 18 heavy (non-hydrogen) atoms. The number of rotatable bonds is 3. The Morgan fingerprint density at radius 3 is 2.56 bits per heavy atom. The van der Waals surface area contributed by atoms with E-state index < -0.39 is 0 Å². The fraction of sp³-hybridized carbons (Fsp3) is 0.0714. The third kappa shape index (κ3) is 3.22. The second kappa shape index (κ2) is 6.00. The first-order valence-electron chi connectivity index (χ1n) is 5.29. The van der Waals surface area contributed by atoms with Crippen molar-refractivity contribution < 1.29 is 4.79 Å². The van der Waals surface area contributed by atoms with Crippen LogP contribution in [0.4, 0.5) is 0 Å². The molecule has 2 aromatic rings. The third-order valence-corrected chi connectivity index (χ3v) is 4.13. The molecule has 0 radical (unpaired) electrons. The summed E-state index contributed by atoms with van der Waals surface area (Å²) in [6.07, 6.45) is 0.331. The summed E-state index contributed by atoms with van der Waals surface area (Å²) >= 11 is 12.8. The van der Waals surface area contributed by atoms with Gasteiger partial charge in [0.2, 0.25) is 0 Å². The largest absolute Gasteiger partial charge is 0.294 e. The van der Waals surface area contributed by atoms with E-state index in [2.05, 4.69) is 31.9 Å².